The molecule has 5 rings (SSSR count). The van der Waals surface area contributed by atoms with E-state index in [0.29, 0.717) is 29.2 Å². The number of aromatic nitrogens is 5. The van der Waals surface area contributed by atoms with Gasteiger partial charge in [-0.15, -0.1) is 0 Å². The summed E-state index contributed by atoms with van der Waals surface area (Å²) in [6, 6.07) is 10.5. The smallest absolute Gasteiger partial charge is 0.265 e. The largest absolute Gasteiger partial charge is 0.391 e. The molecule has 0 aliphatic heterocycles. The molecule has 0 bridgehead atoms. The van der Waals surface area contributed by atoms with Crippen LogP contribution in [0, 0.1) is 12.9 Å². The molecule has 2 N–H and O–H groups in total. The van der Waals surface area contributed by atoms with E-state index >= 15 is 0 Å². The van der Waals surface area contributed by atoms with Crippen molar-refractivity contribution in [3.05, 3.63) is 70.0 Å². The first-order valence-electron chi connectivity index (χ1n) is 11.0. The number of hydrogen-bond donors (Lipinski definition) is 2. The molecular formula is C24H25FN6O2. The molecule has 3 heterocycles. The standard InChI is InChI=1S/C24H25FN6O2/c1-14-11-15(9-10-16(14)18-5-4-8-21(25)26-18)12-31-13-17-22(29-31)28-24(30(2)23(17)33)27-19-6-3-7-20(19)32/h4-5,8-11,13,19-20,32H,3,6-7,12H2,1-2H3,(H,27,28,29)/t19-,20-/m1/s1. The lowest BCUT2D eigenvalue weighted by Crippen LogP contribution is -2.32. The maximum atomic E-state index is 13.5. The zero-order valence-corrected chi connectivity index (χ0v) is 18.5. The van der Waals surface area contributed by atoms with E-state index in [1.807, 2.05) is 25.1 Å². The van der Waals surface area contributed by atoms with E-state index in [2.05, 4.69) is 20.4 Å². The van der Waals surface area contributed by atoms with Crippen molar-refractivity contribution in [2.24, 2.45) is 7.05 Å². The second-order valence-corrected chi connectivity index (χ2v) is 8.61. The Bertz CT molecular complexity index is 1400. The Hall–Kier alpha value is -3.59. The summed E-state index contributed by atoms with van der Waals surface area (Å²) in [4.78, 5) is 21.4. The molecule has 1 aliphatic rings. The Balaban J connectivity index is 1.42. The summed E-state index contributed by atoms with van der Waals surface area (Å²) in [6.45, 7) is 2.42. The van der Waals surface area contributed by atoms with Gasteiger partial charge < -0.3 is 10.4 Å². The van der Waals surface area contributed by atoms with Crippen LogP contribution >= 0.6 is 0 Å². The van der Waals surface area contributed by atoms with Crippen molar-refractivity contribution in [1.82, 2.24) is 24.3 Å². The molecule has 0 radical (unpaired) electrons. The zero-order chi connectivity index (χ0) is 23.1. The highest BCUT2D eigenvalue weighted by Gasteiger charge is 2.26. The van der Waals surface area contributed by atoms with Crippen molar-refractivity contribution >= 4 is 17.0 Å². The molecular weight excluding hydrogens is 423 g/mol. The predicted octanol–water partition coefficient (Wildman–Crippen LogP) is 3.01. The lowest BCUT2D eigenvalue weighted by molar-refractivity contribution is 0.171. The lowest BCUT2D eigenvalue weighted by Gasteiger charge is -2.18. The second kappa shape index (κ2) is 8.40. The van der Waals surface area contributed by atoms with Crippen LogP contribution < -0.4 is 10.9 Å². The fraction of sp³-hybridized carbons (Fsp3) is 0.333. The molecule has 4 aromatic rings. The topological polar surface area (TPSA) is 97.9 Å². The van der Waals surface area contributed by atoms with Gasteiger partial charge in [0.2, 0.25) is 11.9 Å². The Kier molecular flexibility index (Phi) is 5.41. The third kappa shape index (κ3) is 4.11. The normalized spacial score (nSPS) is 18.2. The monoisotopic (exact) mass is 448 g/mol. The van der Waals surface area contributed by atoms with E-state index < -0.39 is 12.1 Å². The molecule has 8 nitrogen and oxygen atoms in total. The van der Waals surface area contributed by atoms with Gasteiger partial charge in [0, 0.05) is 18.8 Å². The number of nitrogens with one attached hydrogen (secondary N) is 1. The highest BCUT2D eigenvalue weighted by Crippen LogP contribution is 2.24. The molecule has 0 spiro atoms. The van der Waals surface area contributed by atoms with E-state index in [9.17, 15) is 14.3 Å². The van der Waals surface area contributed by atoms with Crippen molar-refractivity contribution in [3.63, 3.8) is 0 Å². The minimum absolute atomic E-state index is 0.114. The molecule has 0 amide bonds. The number of halogens is 1. The van der Waals surface area contributed by atoms with Crippen molar-refractivity contribution < 1.29 is 9.50 Å². The van der Waals surface area contributed by atoms with E-state index in [-0.39, 0.29) is 11.6 Å². The number of fused-ring (bicyclic) bond motifs is 1. The van der Waals surface area contributed by atoms with E-state index in [4.69, 9.17) is 0 Å². The predicted molar refractivity (Wildman–Crippen MR) is 124 cm³/mol. The van der Waals surface area contributed by atoms with Gasteiger partial charge in [-0.25, -0.2) is 4.98 Å². The number of aryl methyl sites for hydroxylation is 1. The van der Waals surface area contributed by atoms with Gasteiger partial charge in [-0.2, -0.15) is 14.5 Å². The van der Waals surface area contributed by atoms with Gasteiger partial charge in [-0.3, -0.25) is 14.0 Å². The minimum Gasteiger partial charge on any atom is -0.391 e. The minimum atomic E-state index is -0.510. The lowest BCUT2D eigenvalue weighted by atomic mass is 10.0. The number of hydrogen-bond acceptors (Lipinski definition) is 6. The summed E-state index contributed by atoms with van der Waals surface area (Å²) in [6.07, 6.45) is 3.79. The summed E-state index contributed by atoms with van der Waals surface area (Å²) in [5, 5.41) is 18.3. The molecule has 3 aromatic heterocycles. The van der Waals surface area contributed by atoms with Crippen molar-refractivity contribution in [3.8, 4) is 11.3 Å². The second-order valence-electron chi connectivity index (χ2n) is 8.61. The zero-order valence-electron chi connectivity index (χ0n) is 18.5. The number of aliphatic hydroxyl groups is 1. The maximum absolute atomic E-state index is 13.5. The molecule has 1 aliphatic carbocycles. The number of benzene rings is 1. The Morgan fingerprint density at radius 1 is 1.21 bits per heavy atom. The van der Waals surface area contributed by atoms with Crippen LogP contribution in [0.2, 0.25) is 0 Å². The van der Waals surface area contributed by atoms with Crippen LogP contribution in [0.3, 0.4) is 0 Å². The third-order valence-corrected chi connectivity index (χ3v) is 6.23. The highest BCUT2D eigenvalue weighted by molar-refractivity contribution is 5.74. The average molecular weight is 449 g/mol. The van der Waals surface area contributed by atoms with Gasteiger partial charge >= 0.3 is 0 Å². The van der Waals surface area contributed by atoms with Crippen LogP contribution in [-0.2, 0) is 13.6 Å². The Morgan fingerprint density at radius 3 is 2.79 bits per heavy atom. The Labute approximate surface area is 189 Å². The van der Waals surface area contributed by atoms with Crippen LogP contribution in [0.15, 0.2) is 47.4 Å². The van der Waals surface area contributed by atoms with Crippen molar-refractivity contribution in [1.29, 1.82) is 0 Å². The fourth-order valence-electron chi connectivity index (χ4n) is 4.44. The molecule has 0 unspecified atom stereocenters. The molecule has 1 aromatic carbocycles. The summed E-state index contributed by atoms with van der Waals surface area (Å²) >= 11 is 0. The molecule has 1 fully saturated rings. The first kappa shape index (κ1) is 21.3. The SMILES string of the molecule is Cc1cc(Cn2cc3c(=O)n(C)c(N[C@@H]4CCC[C@H]4O)nc3n2)ccc1-c1cccc(F)n1. The van der Waals surface area contributed by atoms with Gasteiger partial charge in [0.25, 0.3) is 5.56 Å². The van der Waals surface area contributed by atoms with E-state index in [1.165, 1.54) is 10.6 Å². The van der Waals surface area contributed by atoms with Gasteiger partial charge in [-0.1, -0.05) is 24.3 Å². The van der Waals surface area contributed by atoms with Gasteiger partial charge in [-0.05, 0) is 49.4 Å². The van der Waals surface area contributed by atoms with Gasteiger partial charge in [0.05, 0.1) is 24.4 Å². The number of rotatable bonds is 5. The van der Waals surface area contributed by atoms with Gasteiger partial charge in [0.15, 0.2) is 5.65 Å². The summed E-state index contributed by atoms with van der Waals surface area (Å²) in [7, 11) is 1.66. The highest BCUT2D eigenvalue weighted by atomic mass is 19.1. The number of aliphatic hydroxyl groups excluding tert-OH is 1. The molecule has 170 valence electrons. The number of anilines is 1. The molecule has 0 saturated heterocycles. The van der Waals surface area contributed by atoms with Crippen molar-refractivity contribution in [2.45, 2.75) is 44.9 Å². The number of pyridine rings is 1. The van der Waals surface area contributed by atoms with Crippen molar-refractivity contribution in [2.75, 3.05) is 5.32 Å². The third-order valence-electron chi connectivity index (χ3n) is 6.23. The Morgan fingerprint density at radius 2 is 2.06 bits per heavy atom. The quantitative estimate of drug-likeness (QED) is 0.456. The number of nitrogens with zero attached hydrogens (tertiary/aromatic N) is 5. The molecule has 9 heteroatoms. The van der Waals surface area contributed by atoms with Crippen LogP contribution in [0.5, 0.6) is 0 Å². The first-order valence-corrected chi connectivity index (χ1v) is 11.0. The van der Waals surface area contributed by atoms with Crippen LogP contribution in [0.25, 0.3) is 22.3 Å². The maximum Gasteiger partial charge on any atom is 0.265 e. The first-order chi connectivity index (χ1) is 15.9. The molecule has 1 saturated carbocycles. The summed E-state index contributed by atoms with van der Waals surface area (Å²) < 4.78 is 16.7. The fourth-order valence-corrected chi connectivity index (χ4v) is 4.44. The summed E-state index contributed by atoms with van der Waals surface area (Å²) in [5.41, 5.74) is 3.59. The molecule has 2 atom stereocenters. The molecule has 33 heavy (non-hydrogen) atoms. The summed E-state index contributed by atoms with van der Waals surface area (Å²) in [5.74, 6) is -0.101. The van der Waals surface area contributed by atoms with Crippen LogP contribution in [0.4, 0.5) is 10.3 Å². The van der Waals surface area contributed by atoms with E-state index in [1.54, 1.807) is 30.1 Å². The van der Waals surface area contributed by atoms with E-state index in [0.717, 1.165) is 36.0 Å². The van der Waals surface area contributed by atoms with Crippen LogP contribution in [0.1, 0.15) is 30.4 Å². The average Bonchev–Trinajstić information content (AvgIpc) is 3.37. The van der Waals surface area contributed by atoms with Crippen LogP contribution in [-0.4, -0.2) is 41.6 Å². The van der Waals surface area contributed by atoms with Gasteiger partial charge in [0.1, 0.15) is 5.39 Å².